The summed E-state index contributed by atoms with van der Waals surface area (Å²) in [6, 6.07) is 7.25. The van der Waals surface area contributed by atoms with Crippen LogP contribution in [0.15, 0.2) is 30.5 Å². The van der Waals surface area contributed by atoms with Crippen LogP contribution in [0.5, 0.6) is 0 Å². The van der Waals surface area contributed by atoms with Crippen molar-refractivity contribution >= 4 is 23.3 Å². The number of hydrogen-bond acceptors (Lipinski definition) is 6. The molecule has 20 heavy (non-hydrogen) atoms. The monoisotopic (exact) mass is 272 g/mol. The van der Waals surface area contributed by atoms with Crippen molar-refractivity contribution in [2.75, 3.05) is 17.7 Å². The molecule has 0 spiro atoms. The van der Waals surface area contributed by atoms with E-state index in [1.165, 1.54) is 6.20 Å². The Hall–Kier alpha value is -2.63. The molecule has 2 aromatic rings. The Morgan fingerprint density at radius 2 is 2.25 bits per heavy atom. The lowest BCUT2D eigenvalue weighted by Crippen LogP contribution is -2.10. The average molecular weight is 272 g/mol. The zero-order valence-electron chi connectivity index (χ0n) is 11.4. The highest BCUT2D eigenvalue weighted by Crippen LogP contribution is 2.17. The molecule has 1 aromatic carbocycles. The van der Waals surface area contributed by atoms with Gasteiger partial charge in [-0.05, 0) is 32.0 Å². The van der Waals surface area contributed by atoms with Gasteiger partial charge in [0.25, 0.3) is 0 Å². The molecule has 0 unspecified atom stereocenters. The van der Waals surface area contributed by atoms with E-state index in [0.717, 1.165) is 5.69 Å². The number of rotatable bonds is 4. The number of nitrogen functional groups attached to an aromatic ring is 1. The summed E-state index contributed by atoms with van der Waals surface area (Å²) < 4.78 is 4.93. The Bertz CT molecular complexity index is 628. The SMILES string of the molecule is CCOC(=O)c1cnc(Nc2cccc(N)c2)nc1C. The quantitative estimate of drug-likeness (QED) is 0.655. The number of ether oxygens (including phenoxy) is 1. The first kappa shape index (κ1) is 13.8. The normalized spacial score (nSPS) is 10.1. The number of aromatic nitrogens is 2. The van der Waals surface area contributed by atoms with Gasteiger partial charge >= 0.3 is 5.97 Å². The minimum absolute atomic E-state index is 0.321. The van der Waals surface area contributed by atoms with Crippen LogP contribution in [0.2, 0.25) is 0 Å². The van der Waals surface area contributed by atoms with E-state index in [1.54, 1.807) is 26.0 Å². The summed E-state index contributed by atoms with van der Waals surface area (Å²) in [4.78, 5) is 20.0. The van der Waals surface area contributed by atoms with Gasteiger partial charge in [-0.3, -0.25) is 0 Å². The maximum Gasteiger partial charge on any atom is 0.341 e. The van der Waals surface area contributed by atoms with Gasteiger partial charge in [0, 0.05) is 17.6 Å². The van der Waals surface area contributed by atoms with Crippen LogP contribution in [0, 0.1) is 6.92 Å². The van der Waals surface area contributed by atoms with Crippen LogP contribution < -0.4 is 11.1 Å². The highest BCUT2D eigenvalue weighted by atomic mass is 16.5. The molecule has 0 aliphatic carbocycles. The molecule has 0 bridgehead atoms. The number of carbonyl (C=O) groups excluding carboxylic acids is 1. The summed E-state index contributed by atoms with van der Waals surface area (Å²) in [6.45, 7) is 3.81. The van der Waals surface area contributed by atoms with Crippen molar-refractivity contribution in [3.63, 3.8) is 0 Å². The highest BCUT2D eigenvalue weighted by Gasteiger charge is 2.12. The van der Waals surface area contributed by atoms with Crippen molar-refractivity contribution < 1.29 is 9.53 Å². The number of nitrogens with two attached hydrogens (primary N) is 1. The number of anilines is 3. The van der Waals surface area contributed by atoms with Crippen molar-refractivity contribution in [2.45, 2.75) is 13.8 Å². The smallest absolute Gasteiger partial charge is 0.341 e. The van der Waals surface area contributed by atoms with E-state index in [1.807, 2.05) is 12.1 Å². The average Bonchev–Trinajstić information content (AvgIpc) is 2.39. The van der Waals surface area contributed by atoms with Gasteiger partial charge in [-0.2, -0.15) is 0 Å². The van der Waals surface area contributed by atoms with Gasteiger partial charge in [0.15, 0.2) is 0 Å². The van der Waals surface area contributed by atoms with Gasteiger partial charge in [0.1, 0.15) is 0 Å². The molecule has 1 aromatic heterocycles. The third-order valence-corrected chi connectivity index (χ3v) is 2.62. The maximum absolute atomic E-state index is 11.6. The van der Waals surface area contributed by atoms with E-state index >= 15 is 0 Å². The van der Waals surface area contributed by atoms with Crippen LogP contribution in [-0.2, 0) is 4.74 Å². The molecule has 6 nitrogen and oxygen atoms in total. The predicted octanol–water partition coefficient (Wildman–Crippen LogP) is 2.29. The minimum Gasteiger partial charge on any atom is -0.462 e. The number of benzene rings is 1. The van der Waals surface area contributed by atoms with Crippen molar-refractivity contribution in [1.82, 2.24) is 9.97 Å². The fourth-order valence-electron chi connectivity index (χ4n) is 1.68. The van der Waals surface area contributed by atoms with Gasteiger partial charge in [0.05, 0.1) is 17.9 Å². The van der Waals surface area contributed by atoms with Crippen LogP contribution in [0.25, 0.3) is 0 Å². The molecule has 3 N–H and O–H groups in total. The molecule has 0 amide bonds. The van der Waals surface area contributed by atoms with Crippen LogP contribution in [0.1, 0.15) is 23.0 Å². The summed E-state index contributed by atoms with van der Waals surface area (Å²) in [5.41, 5.74) is 8.06. The Morgan fingerprint density at radius 1 is 1.45 bits per heavy atom. The molecule has 0 aliphatic heterocycles. The second kappa shape index (κ2) is 6.01. The van der Waals surface area contributed by atoms with Crippen LogP contribution in [0.4, 0.5) is 17.3 Å². The lowest BCUT2D eigenvalue weighted by atomic mass is 10.2. The summed E-state index contributed by atoms with van der Waals surface area (Å²) in [7, 11) is 0. The lowest BCUT2D eigenvalue weighted by Gasteiger charge is -2.08. The van der Waals surface area contributed by atoms with Crippen molar-refractivity contribution in [2.24, 2.45) is 0 Å². The van der Waals surface area contributed by atoms with E-state index in [0.29, 0.717) is 29.5 Å². The molecule has 0 atom stereocenters. The molecular weight excluding hydrogens is 256 g/mol. The third kappa shape index (κ3) is 3.23. The summed E-state index contributed by atoms with van der Waals surface area (Å²) >= 11 is 0. The summed E-state index contributed by atoms with van der Waals surface area (Å²) in [5, 5.41) is 3.03. The second-order valence-corrected chi connectivity index (χ2v) is 4.16. The van der Waals surface area contributed by atoms with Crippen LogP contribution in [-0.4, -0.2) is 22.5 Å². The zero-order chi connectivity index (χ0) is 14.5. The molecule has 0 aliphatic rings. The molecule has 0 fully saturated rings. The molecule has 1 heterocycles. The fourth-order valence-corrected chi connectivity index (χ4v) is 1.68. The van der Waals surface area contributed by atoms with E-state index in [2.05, 4.69) is 15.3 Å². The first-order valence-corrected chi connectivity index (χ1v) is 6.23. The standard InChI is InChI=1S/C14H16N4O2/c1-3-20-13(19)12-8-16-14(17-9(12)2)18-11-6-4-5-10(15)7-11/h4-8H,3,15H2,1-2H3,(H,16,17,18). The maximum atomic E-state index is 11.6. The van der Waals surface area contributed by atoms with E-state index in [-0.39, 0.29) is 0 Å². The third-order valence-electron chi connectivity index (χ3n) is 2.62. The van der Waals surface area contributed by atoms with Crippen molar-refractivity contribution in [1.29, 1.82) is 0 Å². The van der Waals surface area contributed by atoms with E-state index in [9.17, 15) is 4.79 Å². The first-order chi connectivity index (χ1) is 9.60. The number of hydrogen-bond donors (Lipinski definition) is 2. The van der Waals surface area contributed by atoms with Gasteiger partial charge in [-0.15, -0.1) is 0 Å². The Morgan fingerprint density at radius 3 is 2.90 bits per heavy atom. The van der Waals surface area contributed by atoms with Crippen molar-refractivity contribution in [3.8, 4) is 0 Å². The molecule has 0 saturated carbocycles. The van der Waals surface area contributed by atoms with Crippen molar-refractivity contribution in [3.05, 3.63) is 41.7 Å². The fraction of sp³-hybridized carbons (Fsp3) is 0.214. The second-order valence-electron chi connectivity index (χ2n) is 4.16. The number of nitrogens with zero attached hydrogens (tertiary/aromatic N) is 2. The van der Waals surface area contributed by atoms with E-state index in [4.69, 9.17) is 10.5 Å². The predicted molar refractivity (Wildman–Crippen MR) is 76.9 cm³/mol. The Labute approximate surface area is 117 Å². The Kier molecular flexibility index (Phi) is 4.14. The molecular formula is C14H16N4O2. The number of nitrogens with one attached hydrogen (secondary N) is 1. The molecule has 6 heteroatoms. The Balaban J connectivity index is 2.19. The van der Waals surface area contributed by atoms with Crippen LogP contribution in [0.3, 0.4) is 0 Å². The molecule has 2 rings (SSSR count). The van der Waals surface area contributed by atoms with Gasteiger partial charge < -0.3 is 15.8 Å². The number of esters is 1. The van der Waals surface area contributed by atoms with Gasteiger partial charge in [-0.25, -0.2) is 14.8 Å². The topological polar surface area (TPSA) is 90.1 Å². The zero-order valence-corrected chi connectivity index (χ0v) is 11.4. The molecule has 104 valence electrons. The first-order valence-electron chi connectivity index (χ1n) is 6.23. The summed E-state index contributed by atoms with van der Waals surface area (Å²) in [5.74, 6) is -0.0124. The van der Waals surface area contributed by atoms with Crippen LogP contribution >= 0.6 is 0 Å². The summed E-state index contributed by atoms with van der Waals surface area (Å²) in [6.07, 6.45) is 1.45. The highest BCUT2D eigenvalue weighted by molar-refractivity contribution is 5.90. The largest absolute Gasteiger partial charge is 0.462 e. The van der Waals surface area contributed by atoms with E-state index < -0.39 is 5.97 Å². The molecule has 0 saturated heterocycles. The lowest BCUT2D eigenvalue weighted by molar-refractivity contribution is 0.0524. The van der Waals surface area contributed by atoms with Gasteiger partial charge in [-0.1, -0.05) is 6.07 Å². The minimum atomic E-state index is -0.416. The molecule has 0 radical (unpaired) electrons. The number of aryl methyl sites for hydroxylation is 1. The van der Waals surface area contributed by atoms with Gasteiger partial charge in [0.2, 0.25) is 5.95 Å². The number of carbonyl (C=O) groups is 1.